The zero-order valence-electron chi connectivity index (χ0n) is 20.0. The second-order valence-corrected chi connectivity index (χ2v) is 10.4. The molecule has 0 aliphatic heterocycles. The summed E-state index contributed by atoms with van der Waals surface area (Å²) in [4.78, 5) is 34.5. The van der Waals surface area contributed by atoms with Gasteiger partial charge in [-0.25, -0.2) is 14.8 Å². The van der Waals surface area contributed by atoms with E-state index in [1.54, 1.807) is 21.0 Å². The number of amides is 1. The van der Waals surface area contributed by atoms with Gasteiger partial charge in [-0.05, 0) is 45.0 Å². The molecule has 0 radical (unpaired) electrons. The monoisotopic (exact) mass is 541 g/mol. The first-order valence-electron chi connectivity index (χ1n) is 10.9. The van der Waals surface area contributed by atoms with Crippen molar-refractivity contribution in [2.75, 3.05) is 24.8 Å². The Labute approximate surface area is 220 Å². The molecule has 0 aliphatic rings. The van der Waals surface area contributed by atoms with Crippen molar-refractivity contribution in [3.8, 4) is 26.9 Å². The van der Waals surface area contributed by atoms with Crippen molar-refractivity contribution in [2.45, 2.75) is 25.8 Å². The van der Waals surface area contributed by atoms with Gasteiger partial charge in [0.05, 0.1) is 35.7 Å². The first-order valence-corrected chi connectivity index (χ1v) is 13.5. The summed E-state index contributed by atoms with van der Waals surface area (Å²) in [7, 11) is 1.64. The normalized spacial score (nSPS) is 10.8. The van der Waals surface area contributed by atoms with E-state index in [4.69, 9.17) is 9.47 Å². The van der Waals surface area contributed by atoms with Gasteiger partial charge in [-0.1, -0.05) is 35.2 Å². The van der Waals surface area contributed by atoms with Gasteiger partial charge < -0.3 is 14.8 Å². The SMILES string of the molecule is CCOC(=O)c1sc(NC(=O)CSc2ccc(-c3sc(-c4cccc(OC)c4)nc3C)nn2)nc1C. The molecule has 12 heteroatoms. The molecule has 0 spiro atoms. The molecule has 1 N–H and O–H groups in total. The second-order valence-electron chi connectivity index (χ2n) is 7.41. The minimum Gasteiger partial charge on any atom is -0.497 e. The van der Waals surface area contributed by atoms with Gasteiger partial charge in [0.15, 0.2) is 5.13 Å². The minimum absolute atomic E-state index is 0.126. The number of rotatable bonds is 9. The zero-order chi connectivity index (χ0) is 25.7. The number of carbonyl (C=O) groups excluding carboxylic acids is 2. The summed E-state index contributed by atoms with van der Waals surface area (Å²) in [6.07, 6.45) is 0. The predicted octanol–water partition coefficient (Wildman–Crippen LogP) is 5.26. The highest BCUT2D eigenvalue weighted by Gasteiger charge is 2.18. The lowest BCUT2D eigenvalue weighted by molar-refractivity contribution is -0.113. The van der Waals surface area contributed by atoms with E-state index in [-0.39, 0.29) is 18.3 Å². The number of thioether (sulfide) groups is 1. The molecule has 0 bridgehead atoms. The molecule has 3 heterocycles. The van der Waals surface area contributed by atoms with Crippen molar-refractivity contribution in [1.29, 1.82) is 0 Å². The number of methoxy groups -OCH3 is 1. The van der Waals surface area contributed by atoms with E-state index < -0.39 is 5.97 Å². The fraction of sp³-hybridized carbons (Fsp3) is 0.250. The molecule has 36 heavy (non-hydrogen) atoms. The number of thiazole rings is 2. The number of aryl methyl sites for hydroxylation is 2. The molecule has 4 aromatic rings. The molecule has 3 aromatic heterocycles. The highest BCUT2D eigenvalue weighted by Crippen LogP contribution is 2.35. The van der Waals surface area contributed by atoms with Crippen molar-refractivity contribution in [3.05, 3.63) is 52.7 Å². The third kappa shape index (κ3) is 6.07. The maximum Gasteiger partial charge on any atom is 0.350 e. The van der Waals surface area contributed by atoms with E-state index in [0.717, 1.165) is 43.9 Å². The molecule has 0 saturated carbocycles. The Kier molecular flexibility index (Phi) is 8.28. The van der Waals surface area contributed by atoms with Gasteiger partial charge >= 0.3 is 5.97 Å². The molecule has 1 amide bonds. The van der Waals surface area contributed by atoms with E-state index in [0.29, 0.717) is 20.7 Å². The Morgan fingerprint density at radius 3 is 2.61 bits per heavy atom. The molecule has 1 aromatic carbocycles. The number of anilines is 1. The van der Waals surface area contributed by atoms with E-state index in [1.807, 2.05) is 43.3 Å². The van der Waals surface area contributed by atoms with Crippen molar-refractivity contribution in [3.63, 3.8) is 0 Å². The highest BCUT2D eigenvalue weighted by molar-refractivity contribution is 7.99. The topological polar surface area (TPSA) is 116 Å². The molecule has 0 unspecified atom stereocenters. The van der Waals surface area contributed by atoms with E-state index in [9.17, 15) is 9.59 Å². The van der Waals surface area contributed by atoms with Crippen molar-refractivity contribution < 1.29 is 19.1 Å². The van der Waals surface area contributed by atoms with Crippen molar-refractivity contribution in [1.82, 2.24) is 20.2 Å². The molecule has 0 fully saturated rings. The van der Waals surface area contributed by atoms with Crippen LogP contribution in [0.2, 0.25) is 0 Å². The Hall–Kier alpha value is -3.35. The van der Waals surface area contributed by atoms with Crippen LogP contribution in [0.1, 0.15) is 28.0 Å². The summed E-state index contributed by atoms with van der Waals surface area (Å²) in [5.74, 6) is 0.207. The quantitative estimate of drug-likeness (QED) is 0.224. The number of hydrogen-bond acceptors (Lipinski definition) is 11. The lowest BCUT2D eigenvalue weighted by Crippen LogP contribution is -2.14. The number of hydrogen-bond donors (Lipinski definition) is 1. The smallest absolute Gasteiger partial charge is 0.350 e. The molecule has 9 nitrogen and oxygen atoms in total. The molecule has 0 saturated heterocycles. The molecule has 0 aliphatic carbocycles. The van der Waals surface area contributed by atoms with Crippen LogP contribution >= 0.6 is 34.4 Å². The van der Waals surface area contributed by atoms with Gasteiger partial charge in [0.25, 0.3) is 0 Å². The van der Waals surface area contributed by atoms with Crippen LogP contribution in [-0.2, 0) is 9.53 Å². The van der Waals surface area contributed by atoms with Crippen LogP contribution < -0.4 is 10.1 Å². The predicted molar refractivity (Wildman–Crippen MR) is 142 cm³/mol. The maximum atomic E-state index is 12.4. The van der Waals surface area contributed by atoms with E-state index >= 15 is 0 Å². The van der Waals surface area contributed by atoms with Crippen LogP contribution in [0.4, 0.5) is 5.13 Å². The Balaban J connectivity index is 1.37. The minimum atomic E-state index is -0.440. The molecular weight excluding hydrogens is 518 g/mol. The first-order chi connectivity index (χ1) is 17.4. The second kappa shape index (κ2) is 11.6. The molecular formula is C24H23N5O4S3. The number of esters is 1. The van der Waals surface area contributed by atoms with Crippen molar-refractivity contribution >= 4 is 51.4 Å². The van der Waals surface area contributed by atoms with Crippen LogP contribution in [-0.4, -0.2) is 51.5 Å². The molecule has 4 rings (SSSR count). The third-order valence-electron chi connectivity index (χ3n) is 4.84. The fourth-order valence-electron chi connectivity index (χ4n) is 3.16. The largest absolute Gasteiger partial charge is 0.497 e. The molecule has 186 valence electrons. The maximum absolute atomic E-state index is 12.4. The Bertz CT molecular complexity index is 1380. The Morgan fingerprint density at radius 1 is 1.06 bits per heavy atom. The van der Waals surface area contributed by atoms with Gasteiger partial charge in [-0.2, -0.15) is 0 Å². The summed E-state index contributed by atoms with van der Waals surface area (Å²) in [5.41, 5.74) is 3.09. The summed E-state index contributed by atoms with van der Waals surface area (Å²) < 4.78 is 10.3. The van der Waals surface area contributed by atoms with Crippen LogP contribution in [0.5, 0.6) is 5.75 Å². The summed E-state index contributed by atoms with van der Waals surface area (Å²) in [6, 6.07) is 11.5. The highest BCUT2D eigenvalue weighted by atomic mass is 32.2. The zero-order valence-corrected chi connectivity index (χ0v) is 22.5. The lowest BCUT2D eigenvalue weighted by Gasteiger charge is -2.02. The van der Waals surface area contributed by atoms with Crippen LogP contribution in [0.3, 0.4) is 0 Å². The van der Waals surface area contributed by atoms with Crippen LogP contribution in [0, 0.1) is 13.8 Å². The average molecular weight is 542 g/mol. The Morgan fingerprint density at radius 2 is 1.89 bits per heavy atom. The average Bonchev–Trinajstić information content (AvgIpc) is 3.45. The van der Waals surface area contributed by atoms with Gasteiger partial charge in [-0.15, -0.1) is 21.5 Å². The van der Waals surface area contributed by atoms with E-state index in [2.05, 4.69) is 25.5 Å². The fourth-order valence-corrected chi connectivity index (χ4v) is 5.68. The molecule has 0 atom stereocenters. The van der Waals surface area contributed by atoms with Gasteiger partial charge in [0.1, 0.15) is 26.4 Å². The first kappa shape index (κ1) is 25.7. The van der Waals surface area contributed by atoms with Gasteiger partial charge in [-0.3, -0.25) is 4.79 Å². The number of ether oxygens (including phenoxy) is 2. The van der Waals surface area contributed by atoms with E-state index in [1.165, 1.54) is 23.1 Å². The van der Waals surface area contributed by atoms with Gasteiger partial charge in [0, 0.05) is 5.56 Å². The number of nitrogens with one attached hydrogen (secondary N) is 1. The third-order valence-corrected chi connectivity index (χ3v) is 8.04. The van der Waals surface area contributed by atoms with Gasteiger partial charge in [0.2, 0.25) is 5.91 Å². The summed E-state index contributed by atoms with van der Waals surface area (Å²) in [6.45, 7) is 5.66. The van der Waals surface area contributed by atoms with Crippen molar-refractivity contribution in [2.24, 2.45) is 0 Å². The number of benzene rings is 1. The summed E-state index contributed by atoms with van der Waals surface area (Å²) >= 11 is 3.89. The number of aromatic nitrogens is 4. The summed E-state index contributed by atoms with van der Waals surface area (Å²) in [5, 5.41) is 13.2. The lowest BCUT2D eigenvalue weighted by atomic mass is 10.2. The standard InChI is InChI=1S/C24H23N5O4S3/c1-5-33-23(31)21-14(3)26-24(36-21)27-18(30)12-34-19-10-9-17(28-29-19)20-13(2)25-22(35-20)15-7-6-8-16(11-15)32-4/h6-11H,5,12H2,1-4H3,(H,26,27,30). The van der Waals surface area contributed by atoms with Crippen LogP contribution in [0.15, 0.2) is 41.4 Å². The van der Waals surface area contributed by atoms with Crippen LogP contribution in [0.25, 0.3) is 21.1 Å². The number of nitrogens with zero attached hydrogens (tertiary/aromatic N) is 4. The number of carbonyl (C=O) groups is 2.